The molecule has 0 rings (SSSR count). The fourth-order valence-corrected chi connectivity index (χ4v) is 5.48. The zero-order valence-electron chi connectivity index (χ0n) is 31.9. The summed E-state index contributed by atoms with van der Waals surface area (Å²) in [6.07, 6.45) is 25.8. The van der Waals surface area contributed by atoms with Gasteiger partial charge in [-0.2, -0.15) is 0 Å². The summed E-state index contributed by atoms with van der Waals surface area (Å²) in [7, 11) is 5.90. The number of esters is 2. The number of carboxylic acid groups (broad SMARTS) is 1. The van der Waals surface area contributed by atoms with Crippen LogP contribution >= 0.6 is 0 Å². The summed E-state index contributed by atoms with van der Waals surface area (Å²) < 4.78 is 22.4. The minimum atomic E-state index is -1.61. The van der Waals surface area contributed by atoms with Crippen LogP contribution in [0.3, 0.4) is 0 Å². The van der Waals surface area contributed by atoms with Crippen LogP contribution in [0.1, 0.15) is 174 Å². The molecule has 9 heteroatoms. The second-order valence-electron chi connectivity index (χ2n) is 14.6. The number of nitrogens with zero attached hydrogens (tertiary/aromatic N) is 1. The highest BCUT2D eigenvalue weighted by molar-refractivity contribution is 5.70. The molecule has 48 heavy (non-hydrogen) atoms. The second kappa shape index (κ2) is 32.5. The van der Waals surface area contributed by atoms with Crippen LogP contribution in [-0.4, -0.2) is 82.3 Å². The zero-order valence-corrected chi connectivity index (χ0v) is 31.9. The Hall–Kier alpha value is -1.71. The fraction of sp³-hybridized carbons (Fsp3) is 0.923. The number of carboxylic acids is 1. The third-order valence-corrected chi connectivity index (χ3v) is 8.60. The second-order valence-corrected chi connectivity index (χ2v) is 14.6. The van der Waals surface area contributed by atoms with Gasteiger partial charge in [0, 0.05) is 12.8 Å². The van der Waals surface area contributed by atoms with Crippen molar-refractivity contribution in [3.63, 3.8) is 0 Å². The van der Waals surface area contributed by atoms with Gasteiger partial charge in [0.1, 0.15) is 13.2 Å². The van der Waals surface area contributed by atoms with Crippen molar-refractivity contribution in [2.75, 3.05) is 47.5 Å². The van der Waals surface area contributed by atoms with E-state index in [1.54, 1.807) is 0 Å². The Morgan fingerprint density at radius 2 is 0.938 bits per heavy atom. The lowest BCUT2D eigenvalue weighted by atomic mass is 10.0. The molecular formula is C39H75NO8. The lowest BCUT2D eigenvalue weighted by Gasteiger charge is -2.26. The van der Waals surface area contributed by atoms with Gasteiger partial charge >= 0.3 is 11.9 Å². The van der Waals surface area contributed by atoms with E-state index in [0.717, 1.165) is 38.5 Å². The van der Waals surface area contributed by atoms with E-state index in [2.05, 4.69) is 13.8 Å². The maximum absolute atomic E-state index is 12.6. The van der Waals surface area contributed by atoms with Crippen molar-refractivity contribution in [3.8, 4) is 0 Å². The largest absolute Gasteiger partial charge is 0.545 e. The van der Waals surface area contributed by atoms with E-state index >= 15 is 0 Å². The van der Waals surface area contributed by atoms with Crippen LogP contribution in [0.5, 0.6) is 0 Å². The molecule has 0 aliphatic carbocycles. The number of quaternary nitrogens is 1. The van der Waals surface area contributed by atoms with E-state index in [1.807, 2.05) is 21.1 Å². The number of carbonyl (C=O) groups excluding carboxylic acids is 3. The summed E-state index contributed by atoms with van der Waals surface area (Å²) in [6.45, 7) is 4.70. The number of ether oxygens (including phenoxy) is 4. The molecule has 0 saturated heterocycles. The summed E-state index contributed by atoms with van der Waals surface area (Å²) in [6, 6.07) is 0. The van der Waals surface area contributed by atoms with E-state index in [1.165, 1.54) is 109 Å². The third kappa shape index (κ3) is 32.8. The lowest BCUT2D eigenvalue weighted by Crippen LogP contribution is -2.44. The summed E-state index contributed by atoms with van der Waals surface area (Å²) in [5, 5.41) is 11.6. The quantitative estimate of drug-likeness (QED) is 0.0282. The molecule has 0 fully saturated rings. The van der Waals surface area contributed by atoms with Gasteiger partial charge in [0.05, 0.1) is 40.3 Å². The summed E-state index contributed by atoms with van der Waals surface area (Å²) in [4.78, 5) is 36.6. The standard InChI is InChI=1S/C39H75NO8/c1-6-8-10-12-14-15-16-17-18-19-20-21-22-24-26-28-30-37(42)48-35(33-46-36(41)29-27-25-23-13-11-9-7-2)34-47-39(38(43)44)45-32-31-40(3,4)5/h35,39H,6-34H2,1-5H3. The van der Waals surface area contributed by atoms with Crippen molar-refractivity contribution >= 4 is 17.9 Å². The molecule has 284 valence electrons. The van der Waals surface area contributed by atoms with E-state index in [4.69, 9.17) is 18.9 Å². The van der Waals surface area contributed by atoms with E-state index < -0.39 is 24.3 Å². The maximum atomic E-state index is 12.6. The first-order valence-electron chi connectivity index (χ1n) is 19.7. The number of rotatable bonds is 36. The Bertz CT molecular complexity index is 770. The number of aliphatic carboxylic acids is 1. The summed E-state index contributed by atoms with van der Waals surface area (Å²) >= 11 is 0. The van der Waals surface area contributed by atoms with Gasteiger partial charge < -0.3 is 33.3 Å². The van der Waals surface area contributed by atoms with Crippen LogP contribution in [0.15, 0.2) is 0 Å². The highest BCUT2D eigenvalue weighted by Crippen LogP contribution is 2.15. The smallest absolute Gasteiger partial charge is 0.306 e. The predicted molar refractivity (Wildman–Crippen MR) is 191 cm³/mol. The van der Waals surface area contributed by atoms with Crippen molar-refractivity contribution in [2.45, 2.75) is 187 Å². The van der Waals surface area contributed by atoms with Crippen molar-refractivity contribution in [1.29, 1.82) is 0 Å². The molecule has 2 atom stereocenters. The van der Waals surface area contributed by atoms with Crippen molar-refractivity contribution in [3.05, 3.63) is 0 Å². The van der Waals surface area contributed by atoms with Crippen molar-refractivity contribution in [1.82, 2.24) is 0 Å². The molecule has 0 aromatic carbocycles. The first kappa shape index (κ1) is 46.3. The van der Waals surface area contributed by atoms with Gasteiger partial charge in [-0.1, -0.05) is 149 Å². The number of hydrogen-bond acceptors (Lipinski definition) is 8. The van der Waals surface area contributed by atoms with Crippen LogP contribution in [0.4, 0.5) is 0 Å². The number of unbranched alkanes of at least 4 members (excludes halogenated alkanes) is 21. The molecule has 0 amide bonds. The molecule has 0 N–H and O–H groups in total. The first-order chi connectivity index (χ1) is 23.1. The molecule has 0 aromatic rings. The average Bonchev–Trinajstić information content (AvgIpc) is 3.03. The van der Waals surface area contributed by atoms with Gasteiger partial charge in [-0.3, -0.25) is 9.59 Å². The van der Waals surface area contributed by atoms with Gasteiger partial charge in [-0.05, 0) is 12.8 Å². The minimum Gasteiger partial charge on any atom is -0.545 e. The predicted octanol–water partition coefficient (Wildman–Crippen LogP) is 8.05. The lowest BCUT2D eigenvalue weighted by molar-refractivity contribution is -0.870. The van der Waals surface area contributed by atoms with Gasteiger partial charge in [-0.25, -0.2) is 0 Å². The highest BCUT2D eigenvalue weighted by Gasteiger charge is 2.21. The fourth-order valence-electron chi connectivity index (χ4n) is 5.48. The van der Waals surface area contributed by atoms with Crippen LogP contribution in [0.25, 0.3) is 0 Å². The summed E-state index contributed by atoms with van der Waals surface area (Å²) in [5.74, 6) is -2.28. The number of carbonyl (C=O) groups is 3. The van der Waals surface area contributed by atoms with Gasteiger partial charge in [0.2, 0.25) is 0 Å². The molecule has 0 spiro atoms. The Kier molecular flexibility index (Phi) is 31.3. The molecule has 0 saturated carbocycles. The molecule has 0 radical (unpaired) electrons. The summed E-state index contributed by atoms with van der Waals surface area (Å²) in [5.41, 5.74) is 0. The number of likely N-dealkylation sites (N-methyl/N-ethyl adjacent to an activating group) is 1. The van der Waals surface area contributed by atoms with Crippen molar-refractivity contribution in [2.24, 2.45) is 0 Å². The average molecular weight is 686 g/mol. The van der Waals surface area contributed by atoms with E-state index in [9.17, 15) is 19.5 Å². The normalized spacial score (nSPS) is 12.9. The minimum absolute atomic E-state index is 0.152. The Morgan fingerprint density at radius 3 is 1.33 bits per heavy atom. The van der Waals surface area contributed by atoms with Gasteiger partial charge in [0.15, 0.2) is 12.4 Å². The highest BCUT2D eigenvalue weighted by atomic mass is 16.7. The first-order valence-corrected chi connectivity index (χ1v) is 19.7. The SMILES string of the molecule is CCCCCCCCCCCCCCCCCCC(=O)OC(COC(=O)CCCCCCCCC)COC(OCC[N+](C)(C)C)C(=O)[O-]. The van der Waals surface area contributed by atoms with Crippen LogP contribution in [-0.2, 0) is 33.3 Å². The van der Waals surface area contributed by atoms with Gasteiger partial charge in [-0.15, -0.1) is 0 Å². The third-order valence-electron chi connectivity index (χ3n) is 8.60. The Labute approximate surface area is 294 Å². The molecule has 2 unspecified atom stereocenters. The molecule has 0 aliphatic heterocycles. The molecule has 9 nitrogen and oxygen atoms in total. The molecule has 0 heterocycles. The van der Waals surface area contributed by atoms with E-state index in [-0.39, 0.29) is 32.2 Å². The molecular weight excluding hydrogens is 610 g/mol. The molecule has 0 aromatic heterocycles. The topological polar surface area (TPSA) is 111 Å². The van der Waals surface area contributed by atoms with E-state index in [0.29, 0.717) is 17.4 Å². The van der Waals surface area contributed by atoms with Crippen molar-refractivity contribution < 1.29 is 42.9 Å². The Balaban J connectivity index is 4.41. The monoisotopic (exact) mass is 686 g/mol. The molecule has 0 aliphatic rings. The van der Waals surface area contributed by atoms with Crippen LogP contribution < -0.4 is 5.11 Å². The maximum Gasteiger partial charge on any atom is 0.306 e. The van der Waals surface area contributed by atoms with Gasteiger partial charge in [0.25, 0.3) is 0 Å². The van der Waals surface area contributed by atoms with Crippen LogP contribution in [0, 0.1) is 0 Å². The van der Waals surface area contributed by atoms with Crippen LogP contribution in [0.2, 0.25) is 0 Å². The Morgan fingerprint density at radius 1 is 0.542 bits per heavy atom. The number of hydrogen-bond donors (Lipinski definition) is 0. The molecule has 0 bridgehead atoms. The zero-order chi connectivity index (χ0) is 35.7.